The molecule has 3 aromatic heterocycles. The van der Waals surface area contributed by atoms with Crippen molar-refractivity contribution < 1.29 is 9.60 Å². The summed E-state index contributed by atoms with van der Waals surface area (Å²) in [5.41, 5.74) is 8.50. The van der Waals surface area contributed by atoms with E-state index >= 15 is 0 Å². The Hall–Kier alpha value is -7.99. The SMILES string of the molecule is [2H]c1cc([2H])c2c(c1[2H])c1c([2H])c([2H])c([2H])c([2H])c1n2-c1ccccc1-c1nc(-c2cccc(-c3cccc4c3sc3ccccc34)c2)nc(-c2c(-c3ccccc3)cccc2-c2ccccc2)n1. The Kier molecular flexibility index (Phi) is 7.05. The number of fused-ring (bicyclic) bond motifs is 6. The van der Waals surface area contributed by atoms with Crippen LogP contribution < -0.4 is 0 Å². The van der Waals surface area contributed by atoms with Crippen LogP contribution in [-0.4, -0.2) is 19.5 Å². The highest BCUT2D eigenvalue weighted by Crippen LogP contribution is 2.43. The van der Waals surface area contributed by atoms with Crippen molar-refractivity contribution in [2.24, 2.45) is 0 Å². The van der Waals surface area contributed by atoms with E-state index in [2.05, 4.69) is 91.0 Å². The summed E-state index contributed by atoms with van der Waals surface area (Å²) in [7, 11) is 0. The van der Waals surface area contributed by atoms with Gasteiger partial charge in [-0.05, 0) is 69.7 Å². The molecule has 0 aliphatic heterocycles. The minimum atomic E-state index is -0.468. The van der Waals surface area contributed by atoms with E-state index in [1.165, 1.54) is 26.2 Å². The van der Waals surface area contributed by atoms with Crippen LogP contribution in [0.15, 0.2) is 218 Å². The second kappa shape index (κ2) is 14.9. The van der Waals surface area contributed by atoms with E-state index in [4.69, 9.17) is 21.8 Å². The molecule has 0 radical (unpaired) electrons. The lowest BCUT2D eigenvalue weighted by molar-refractivity contribution is 1.07. The molecule has 12 rings (SSSR count). The lowest BCUT2D eigenvalue weighted by Crippen LogP contribution is -2.05. The highest BCUT2D eigenvalue weighted by Gasteiger charge is 2.23. The maximum absolute atomic E-state index is 9.27. The monoisotopic (exact) mass is 815 g/mol. The maximum Gasteiger partial charge on any atom is 0.166 e. The quantitative estimate of drug-likeness (QED) is 0.161. The lowest BCUT2D eigenvalue weighted by Gasteiger charge is -2.18. The molecular weight excluding hydrogens is 773 g/mol. The average Bonchev–Trinajstić information content (AvgIpc) is 3.97. The van der Waals surface area contributed by atoms with Crippen molar-refractivity contribution >= 4 is 53.3 Å². The first-order valence-electron chi connectivity index (χ1n) is 23.8. The standard InChI is InChI=1S/C57H36N4S/c1-3-18-37(19-4-1)41-28-16-29-42(38-20-5-2-6-21-38)53(41)57-59-55(40-23-15-22-39(36-40)43-30-17-31-47-46-26-10-14-35-52(46)62-54(43)47)58-56(60-57)48-27-9-13-34-51(48)61-49-32-11-7-24-44(49)45-25-8-12-33-50(45)61/h1-36H/i7D,8D,11D,24D,25D,32D,33D. The van der Waals surface area contributed by atoms with E-state index in [-0.39, 0.29) is 57.8 Å². The summed E-state index contributed by atoms with van der Waals surface area (Å²) < 4.78 is 66.7. The number of hydrogen-bond acceptors (Lipinski definition) is 4. The van der Waals surface area contributed by atoms with Crippen molar-refractivity contribution in [3.05, 3.63) is 218 Å². The van der Waals surface area contributed by atoms with E-state index in [1.807, 2.05) is 72.8 Å². The van der Waals surface area contributed by atoms with Gasteiger partial charge in [0.15, 0.2) is 17.5 Å². The van der Waals surface area contributed by atoms with Crippen molar-refractivity contribution in [3.63, 3.8) is 0 Å². The Balaban J connectivity index is 1.17. The number of rotatable bonds is 7. The third-order valence-corrected chi connectivity index (χ3v) is 12.6. The number of para-hydroxylation sites is 3. The molecule has 0 fully saturated rings. The molecule has 0 saturated carbocycles. The Morgan fingerprint density at radius 3 is 1.77 bits per heavy atom. The summed E-state index contributed by atoms with van der Waals surface area (Å²) in [4.78, 5) is 16.0. The second-order valence-electron chi connectivity index (χ2n) is 15.0. The molecule has 4 nitrogen and oxygen atoms in total. The van der Waals surface area contributed by atoms with Crippen molar-refractivity contribution in [3.8, 4) is 73.2 Å². The number of hydrogen-bond donors (Lipinski definition) is 0. The van der Waals surface area contributed by atoms with Crippen LogP contribution in [0.2, 0.25) is 0 Å². The summed E-state index contributed by atoms with van der Waals surface area (Å²) >= 11 is 1.76. The fraction of sp³-hybridized carbons (Fsp3) is 0. The minimum absolute atomic E-state index is 0.0604. The number of thiophene rings is 1. The molecule has 0 aliphatic carbocycles. The highest BCUT2D eigenvalue weighted by atomic mass is 32.1. The second-order valence-corrected chi connectivity index (χ2v) is 16.0. The minimum Gasteiger partial charge on any atom is -0.309 e. The van der Waals surface area contributed by atoms with Gasteiger partial charge in [-0.1, -0.05) is 182 Å². The van der Waals surface area contributed by atoms with Gasteiger partial charge in [0.25, 0.3) is 0 Å². The summed E-state index contributed by atoms with van der Waals surface area (Å²) in [6.45, 7) is 0. The van der Waals surface area contributed by atoms with Gasteiger partial charge in [-0.15, -0.1) is 11.3 Å². The molecule has 0 spiro atoms. The zero-order chi connectivity index (χ0) is 47.1. The predicted molar refractivity (Wildman–Crippen MR) is 260 cm³/mol. The van der Waals surface area contributed by atoms with Crippen molar-refractivity contribution in [1.82, 2.24) is 19.5 Å². The number of nitrogens with zero attached hydrogens (tertiary/aromatic N) is 4. The summed E-state index contributed by atoms with van der Waals surface area (Å²) in [5.74, 6) is 1.07. The first-order chi connectivity index (χ1) is 33.7. The van der Waals surface area contributed by atoms with Gasteiger partial charge in [-0.3, -0.25) is 0 Å². The number of benzene rings is 9. The van der Waals surface area contributed by atoms with E-state index in [0.717, 1.165) is 44.5 Å². The molecule has 9 aromatic carbocycles. The normalized spacial score (nSPS) is 13.1. The highest BCUT2D eigenvalue weighted by molar-refractivity contribution is 7.26. The first kappa shape index (κ1) is 29.3. The molecule has 0 amide bonds. The lowest BCUT2D eigenvalue weighted by atomic mass is 9.91. The summed E-state index contributed by atoms with van der Waals surface area (Å²) in [6.07, 6.45) is 0. The molecule has 0 saturated heterocycles. The molecule has 5 heteroatoms. The third kappa shape index (κ3) is 6.01. The molecule has 0 unspecified atom stereocenters. The Labute approximate surface area is 372 Å². The van der Waals surface area contributed by atoms with Gasteiger partial charge in [-0.25, -0.2) is 15.0 Å². The van der Waals surface area contributed by atoms with Gasteiger partial charge < -0.3 is 4.57 Å². The molecule has 0 N–H and O–H groups in total. The van der Waals surface area contributed by atoms with E-state index < -0.39 is 12.1 Å². The van der Waals surface area contributed by atoms with E-state index in [9.17, 15) is 2.74 Å². The van der Waals surface area contributed by atoms with Gasteiger partial charge in [0, 0.05) is 47.6 Å². The van der Waals surface area contributed by atoms with Crippen molar-refractivity contribution in [1.29, 1.82) is 0 Å². The summed E-state index contributed by atoms with van der Waals surface area (Å²) in [5, 5.41) is 2.55. The van der Waals surface area contributed by atoms with Crippen LogP contribution in [-0.2, 0) is 0 Å². The van der Waals surface area contributed by atoms with Crippen LogP contribution in [0, 0.1) is 0 Å². The van der Waals surface area contributed by atoms with Crippen molar-refractivity contribution in [2.75, 3.05) is 0 Å². The molecule has 290 valence electrons. The van der Waals surface area contributed by atoms with Crippen molar-refractivity contribution in [2.45, 2.75) is 0 Å². The Morgan fingerprint density at radius 1 is 0.387 bits per heavy atom. The predicted octanol–water partition coefficient (Wildman–Crippen LogP) is 15.3. The molecule has 12 aromatic rings. The fourth-order valence-electron chi connectivity index (χ4n) is 8.61. The summed E-state index contributed by atoms with van der Waals surface area (Å²) in [6, 6.07) is 55.9. The van der Waals surface area contributed by atoms with Crippen LogP contribution in [0.5, 0.6) is 0 Å². The zero-order valence-corrected chi connectivity index (χ0v) is 33.8. The average molecular weight is 816 g/mol. The molecule has 0 bridgehead atoms. The molecule has 0 aliphatic rings. The van der Waals surface area contributed by atoms with Crippen LogP contribution in [0.3, 0.4) is 0 Å². The van der Waals surface area contributed by atoms with Gasteiger partial charge in [0.1, 0.15) is 0 Å². The smallest absolute Gasteiger partial charge is 0.166 e. The molecule has 0 atom stereocenters. The van der Waals surface area contributed by atoms with Gasteiger partial charge in [0.2, 0.25) is 0 Å². The fourth-order valence-corrected chi connectivity index (χ4v) is 9.85. The molecule has 62 heavy (non-hydrogen) atoms. The van der Waals surface area contributed by atoms with Crippen LogP contribution in [0.25, 0.3) is 115 Å². The number of aromatic nitrogens is 4. The van der Waals surface area contributed by atoms with Gasteiger partial charge in [-0.2, -0.15) is 0 Å². The third-order valence-electron chi connectivity index (χ3n) is 11.4. The maximum atomic E-state index is 9.27. The van der Waals surface area contributed by atoms with E-state index in [0.29, 0.717) is 22.9 Å². The Morgan fingerprint density at radius 2 is 0.952 bits per heavy atom. The first-order valence-corrected chi connectivity index (χ1v) is 21.1. The Bertz CT molecular complexity index is 4000. The zero-order valence-electron chi connectivity index (χ0n) is 39.9. The van der Waals surface area contributed by atoms with Crippen LogP contribution >= 0.6 is 11.3 Å². The van der Waals surface area contributed by atoms with Crippen LogP contribution in [0.1, 0.15) is 9.60 Å². The van der Waals surface area contributed by atoms with Gasteiger partial charge >= 0.3 is 0 Å². The molecule has 3 heterocycles. The molecular formula is C57H36N4S. The van der Waals surface area contributed by atoms with Gasteiger partial charge in [0.05, 0.1) is 26.3 Å². The van der Waals surface area contributed by atoms with Crippen LogP contribution in [0.4, 0.5) is 0 Å². The van der Waals surface area contributed by atoms with E-state index in [1.54, 1.807) is 22.0 Å². The topological polar surface area (TPSA) is 43.6 Å². The largest absolute Gasteiger partial charge is 0.309 e.